The molecular weight excluding hydrogens is 188 g/mol. The average Bonchev–Trinajstić information content (AvgIpc) is 2.11. The van der Waals surface area contributed by atoms with Gasteiger partial charge in [0.25, 0.3) is 0 Å². The molecule has 0 radical (unpaired) electrons. The highest BCUT2D eigenvalue weighted by atomic mass is 16.3. The summed E-state index contributed by atoms with van der Waals surface area (Å²) in [6.45, 7) is 8.08. The summed E-state index contributed by atoms with van der Waals surface area (Å²) < 4.78 is 0. The van der Waals surface area contributed by atoms with E-state index in [1.165, 1.54) is 5.57 Å². The molecule has 2 N–H and O–H groups in total. The molecule has 2 unspecified atom stereocenters. The SMILES string of the molecule is CC1=C(/C=C/C(C)O)C(C)(C)CCC1O. The molecule has 15 heavy (non-hydrogen) atoms. The molecule has 0 fully saturated rings. The third-order valence-corrected chi connectivity index (χ3v) is 3.24. The molecule has 2 atom stereocenters. The van der Waals surface area contributed by atoms with Crippen LogP contribution in [-0.2, 0) is 0 Å². The van der Waals surface area contributed by atoms with Crippen LogP contribution in [0.25, 0.3) is 0 Å². The van der Waals surface area contributed by atoms with Gasteiger partial charge in [-0.3, -0.25) is 0 Å². The minimum absolute atomic E-state index is 0.106. The Morgan fingerprint density at radius 2 is 2.07 bits per heavy atom. The van der Waals surface area contributed by atoms with Crippen molar-refractivity contribution in [1.82, 2.24) is 0 Å². The Hall–Kier alpha value is -0.600. The summed E-state index contributed by atoms with van der Waals surface area (Å²) in [6.07, 6.45) is 4.82. The standard InChI is InChI=1S/C13H22O2/c1-9(14)5-6-11-10(2)12(15)7-8-13(11,3)4/h5-6,9,12,14-15H,7-8H2,1-4H3/b6-5+. The minimum atomic E-state index is -0.430. The van der Waals surface area contributed by atoms with E-state index in [-0.39, 0.29) is 11.5 Å². The molecule has 0 aliphatic heterocycles. The van der Waals surface area contributed by atoms with Crippen LogP contribution in [-0.4, -0.2) is 22.4 Å². The maximum Gasteiger partial charge on any atom is 0.0753 e. The van der Waals surface area contributed by atoms with Crippen LogP contribution in [0.4, 0.5) is 0 Å². The number of allylic oxidation sites excluding steroid dienone is 2. The summed E-state index contributed by atoms with van der Waals surface area (Å²) in [4.78, 5) is 0. The van der Waals surface area contributed by atoms with E-state index in [4.69, 9.17) is 0 Å². The number of hydrogen-bond donors (Lipinski definition) is 2. The number of aliphatic hydroxyl groups excluding tert-OH is 2. The van der Waals surface area contributed by atoms with Gasteiger partial charge in [0, 0.05) is 0 Å². The van der Waals surface area contributed by atoms with Crippen LogP contribution in [0.1, 0.15) is 40.5 Å². The molecule has 0 saturated carbocycles. The first-order chi connectivity index (χ1) is 6.84. The predicted octanol–water partition coefficient (Wildman–Crippen LogP) is 2.42. The van der Waals surface area contributed by atoms with Crippen molar-refractivity contribution >= 4 is 0 Å². The molecule has 0 saturated heterocycles. The molecule has 0 amide bonds. The Bertz CT molecular complexity index is 285. The quantitative estimate of drug-likeness (QED) is 0.735. The number of hydrogen-bond acceptors (Lipinski definition) is 2. The lowest BCUT2D eigenvalue weighted by Gasteiger charge is -2.35. The monoisotopic (exact) mass is 210 g/mol. The Balaban J connectivity index is 3.02. The van der Waals surface area contributed by atoms with Crippen LogP contribution in [0.15, 0.2) is 23.3 Å². The second kappa shape index (κ2) is 4.50. The molecule has 0 spiro atoms. The Labute approximate surface area is 92.3 Å². The van der Waals surface area contributed by atoms with E-state index >= 15 is 0 Å². The summed E-state index contributed by atoms with van der Waals surface area (Å²) in [5.41, 5.74) is 2.32. The van der Waals surface area contributed by atoms with Crippen LogP contribution in [0.3, 0.4) is 0 Å². The number of aliphatic hydroxyl groups is 2. The fraction of sp³-hybridized carbons (Fsp3) is 0.692. The van der Waals surface area contributed by atoms with Crippen LogP contribution in [0.5, 0.6) is 0 Å². The van der Waals surface area contributed by atoms with Gasteiger partial charge in [-0.1, -0.05) is 26.0 Å². The van der Waals surface area contributed by atoms with Crippen LogP contribution < -0.4 is 0 Å². The van der Waals surface area contributed by atoms with E-state index in [0.717, 1.165) is 18.4 Å². The van der Waals surface area contributed by atoms with Crippen LogP contribution >= 0.6 is 0 Å². The third-order valence-electron chi connectivity index (χ3n) is 3.24. The first-order valence-electron chi connectivity index (χ1n) is 5.60. The largest absolute Gasteiger partial charge is 0.389 e. The average molecular weight is 210 g/mol. The third kappa shape index (κ3) is 2.93. The molecule has 1 aliphatic carbocycles. The van der Waals surface area contributed by atoms with E-state index in [9.17, 15) is 10.2 Å². The van der Waals surface area contributed by atoms with Crippen molar-refractivity contribution in [2.45, 2.75) is 52.7 Å². The van der Waals surface area contributed by atoms with Gasteiger partial charge in [-0.25, -0.2) is 0 Å². The van der Waals surface area contributed by atoms with Crippen molar-refractivity contribution in [2.75, 3.05) is 0 Å². The van der Waals surface area contributed by atoms with E-state index in [1.807, 2.05) is 13.0 Å². The smallest absolute Gasteiger partial charge is 0.0753 e. The Kier molecular flexibility index (Phi) is 3.74. The van der Waals surface area contributed by atoms with Gasteiger partial charge >= 0.3 is 0 Å². The molecule has 0 aromatic carbocycles. The van der Waals surface area contributed by atoms with Gasteiger partial charge in [0.2, 0.25) is 0 Å². The second-order valence-electron chi connectivity index (χ2n) is 5.13. The fourth-order valence-electron chi connectivity index (χ4n) is 2.15. The van der Waals surface area contributed by atoms with E-state index < -0.39 is 6.10 Å². The van der Waals surface area contributed by atoms with Gasteiger partial charge < -0.3 is 10.2 Å². The van der Waals surface area contributed by atoms with Gasteiger partial charge in [-0.2, -0.15) is 0 Å². The van der Waals surface area contributed by atoms with E-state index in [0.29, 0.717) is 0 Å². The molecule has 86 valence electrons. The molecule has 2 heteroatoms. The van der Waals surface area contributed by atoms with Gasteiger partial charge in [-0.05, 0) is 43.3 Å². The Morgan fingerprint density at radius 3 is 2.60 bits per heavy atom. The van der Waals surface area contributed by atoms with Crippen LogP contribution in [0, 0.1) is 5.41 Å². The van der Waals surface area contributed by atoms with Crippen molar-refractivity contribution < 1.29 is 10.2 Å². The molecular formula is C13H22O2. The van der Waals surface area contributed by atoms with Crippen LogP contribution in [0.2, 0.25) is 0 Å². The molecule has 1 aliphatic rings. The lowest BCUT2D eigenvalue weighted by molar-refractivity contribution is 0.162. The molecule has 0 bridgehead atoms. The highest BCUT2D eigenvalue weighted by Crippen LogP contribution is 2.40. The van der Waals surface area contributed by atoms with E-state index in [2.05, 4.69) is 13.8 Å². The fourth-order valence-corrected chi connectivity index (χ4v) is 2.15. The van der Waals surface area contributed by atoms with E-state index in [1.54, 1.807) is 13.0 Å². The van der Waals surface area contributed by atoms with Crippen molar-refractivity contribution in [3.05, 3.63) is 23.3 Å². The lowest BCUT2D eigenvalue weighted by Crippen LogP contribution is -2.27. The minimum Gasteiger partial charge on any atom is -0.389 e. The van der Waals surface area contributed by atoms with Gasteiger partial charge in [0.15, 0.2) is 0 Å². The summed E-state index contributed by atoms with van der Waals surface area (Å²) in [7, 11) is 0. The maximum absolute atomic E-state index is 9.79. The van der Waals surface area contributed by atoms with Crippen molar-refractivity contribution in [3.8, 4) is 0 Å². The zero-order chi connectivity index (χ0) is 11.6. The first-order valence-corrected chi connectivity index (χ1v) is 5.60. The molecule has 0 aromatic rings. The Morgan fingerprint density at radius 1 is 1.47 bits per heavy atom. The topological polar surface area (TPSA) is 40.5 Å². The van der Waals surface area contributed by atoms with Crippen molar-refractivity contribution in [1.29, 1.82) is 0 Å². The first kappa shape index (κ1) is 12.5. The summed E-state index contributed by atoms with van der Waals surface area (Å²) in [5, 5.41) is 19.0. The van der Waals surface area contributed by atoms with Crippen molar-refractivity contribution in [2.24, 2.45) is 5.41 Å². The highest BCUT2D eigenvalue weighted by Gasteiger charge is 2.30. The predicted molar refractivity (Wildman–Crippen MR) is 62.5 cm³/mol. The van der Waals surface area contributed by atoms with Gasteiger partial charge in [-0.15, -0.1) is 0 Å². The van der Waals surface area contributed by atoms with Crippen molar-refractivity contribution in [3.63, 3.8) is 0 Å². The molecule has 0 heterocycles. The second-order valence-corrected chi connectivity index (χ2v) is 5.13. The normalized spacial score (nSPS) is 28.5. The van der Waals surface area contributed by atoms with Gasteiger partial charge in [0.1, 0.15) is 0 Å². The zero-order valence-electron chi connectivity index (χ0n) is 10.1. The molecule has 0 aromatic heterocycles. The molecule has 2 nitrogen and oxygen atoms in total. The zero-order valence-corrected chi connectivity index (χ0v) is 10.1. The maximum atomic E-state index is 9.79. The number of rotatable bonds is 2. The summed E-state index contributed by atoms with van der Waals surface area (Å²) in [5.74, 6) is 0. The summed E-state index contributed by atoms with van der Waals surface area (Å²) in [6, 6.07) is 0. The summed E-state index contributed by atoms with van der Waals surface area (Å²) >= 11 is 0. The molecule has 1 rings (SSSR count). The lowest BCUT2D eigenvalue weighted by atomic mass is 9.71. The van der Waals surface area contributed by atoms with Gasteiger partial charge in [0.05, 0.1) is 12.2 Å². The highest BCUT2D eigenvalue weighted by molar-refractivity contribution is 5.35.